The van der Waals surface area contributed by atoms with Crippen LogP contribution in [0.1, 0.15) is 33.1 Å². The van der Waals surface area contributed by atoms with Gasteiger partial charge in [-0.25, -0.2) is 4.79 Å². The van der Waals surface area contributed by atoms with Crippen LogP contribution >= 0.6 is 0 Å². The third kappa shape index (κ3) is 2.18. The van der Waals surface area contributed by atoms with Gasteiger partial charge in [-0.2, -0.15) is 0 Å². The maximum Gasteiger partial charge on any atom is 0.320 e. The summed E-state index contributed by atoms with van der Waals surface area (Å²) in [6, 6.07) is 0.0489. The van der Waals surface area contributed by atoms with Gasteiger partial charge in [-0.05, 0) is 25.2 Å². The van der Waals surface area contributed by atoms with Gasteiger partial charge in [0.1, 0.15) is 0 Å². The van der Waals surface area contributed by atoms with Crippen molar-refractivity contribution in [3.63, 3.8) is 0 Å². The second kappa shape index (κ2) is 4.78. The molecule has 0 aromatic carbocycles. The van der Waals surface area contributed by atoms with E-state index in [1.165, 1.54) is 0 Å². The lowest BCUT2D eigenvalue weighted by Crippen LogP contribution is -2.46. The summed E-state index contributed by atoms with van der Waals surface area (Å²) in [5, 5.41) is 9.17. The van der Waals surface area contributed by atoms with Crippen LogP contribution in [0.2, 0.25) is 0 Å². The average molecular weight is 254 g/mol. The Balaban J connectivity index is 2.06. The lowest BCUT2D eigenvalue weighted by atomic mass is 9.89. The lowest BCUT2D eigenvalue weighted by molar-refractivity contribution is -0.142. The van der Waals surface area contributed by atoms with E-state index >= 15 is 0 Å². The minimum Gasteiger partial charge on any atom is -0.481 e. The van der Waals surface area contributed by atoms with E-state index in [9.17, 15) is 9.59 Å². The highest BCUT2D eigenvalue weighted by Crippen LogP contribution is 2.42. The van der Waals surface area contributed by atoms with Gasteiger partial charge in [0.05, 0.1) is 5.92 Å². The summed E-state index contributed by atoms with van der Waals surface area (Å²) in [5.41, 5.74) is 0. The van der Waals surface area contributed by atoms with E-state index in [4.69, 9.17) is 5.11 Å². The van der Waals surface area contributed by atoms with Crippen molar-refractivity contribution in [3.05, 3.63) is 0 Å². The number of carboxylic acids is 1. The molecule has 3 atom stereocenters. The van der Waals surface area contributed by atoms with Gasteiger partial charge >= 0.3 is 12.0 Å². The second-order valence-corrected chi connectivity index (χ2v) is 5.94. The van der Waals surface area contributed by atoms with Crippen LogP contribution < -0.4 is 0 Å². The zero-order chi connectivity index (χ0) is 13.4. The number of hydrogen-bond donors (Lipinski definition) is 1. The monoisotopic (exact) mass is 254 g/mol. The summed E-state index contributed by atoms with van der Waals surface area (Å²) in [7, 11) is 1.80. The summed E-state index contributed by atoms with van der Waals surface area (Å²) in [6.07, 6.45) is 2.42. The van der Waals surface area contributed by atoms with Crippen molar-refractivity contribution < 1.29 is 14.7 Å². The molecule has 0 aromatic heterocycles. The highest BCUT2D eigenvalue weighted by molar-refractivity contribution is 5.79. The van der Waals surface area contributed by atoms with Crippen LogP contribution in [-0.2, 0) is 4.79 Å². The average Bonchev–Trinajstić information content (AvgIpc) is 2.83. The number of rotatable bonds is 3. The van der Waals surface area contributed by atoms with Crippen molar-refractivity contribution in [2.75, 3.05) is 13.6 Å². The van der Waals surface area contributed by atoms with Gasteiger partial charge in [-0.1, -0.05) is 13.8 Å². The normalized spacial score (nSPS) is 30.0. The first-order valence-corrected chi connectivity index (χ1v) is 6.68. The third-order valence-corrected chi connectivity index (χ3v) is 4.04. The highest BCUT2D eigenvalue weighted by atomic mass is 16.4. The molecule has 2 saturated heterocycles. The fraction of sp³-hybridized carbons (Fsp3) is 0.846. The number of nitrogens with zero attached hydrogens (tertiary/aromatic N) is 2. The Kier molecular flexibility index (Phi) is 3.50. The van der Waals surface area contributed by atoms with E-state index in [1.54, 1.807) is 11.9 Å². The summed E-state index contributed by atoms with van der Waals surface area (Å²) >= 11 is 0. The molecule has 102 valence electrons. The Bertz CT molecular complexity index is 356. The molecule has 3 unspecified atom stereocenters. The predicted octanol–water partition coefficient (Wildman–Crippen LogP) is 1.63. The number of carbonyl (C=O) groups is 2. The van der Waals surface area contributed by atoms with E-state index in [0.29, 0.717) is 18.9 Å². The summed E-state index contributed by atoms with van der Waals surface area (Å²) in [4.78, 5) is 27.1. The van der Waals surface area contributed by atoms with Crippen LogP contribution in [0, 0.1) is 11.8 Å². The number of amides is 2. The maximum absolute atomic E-state index is 12.4. The predicted molar refractivity (Wildman–Crippen MR) is 67.3 cm³/mol. The Morgan fingerprint density at radius 3 is 2.56 bits per heavy atom. The van der Waals surface area contributed by atoms with Gasteiger partial charge < -0.3 is 14.9 Å². The number of urea groups is 1. The van der Waals surface area contributed by atoms with Crippen LogP contribution in [0.15, 0.2) is 0 Å². The van der Waals surface area contributed by atoms with Crippen LogP contribution in [0.3, 0.4) is 0 Å². The lowest BCUT2D eigenvalue weighted by Gasteiger charge is -2.29. The van der Waals surface area contributed by atoms with E-state index < -0.39 is 5.97 Å². The van der Waals surface area contributed by atoms with Crippen molar-refractivity contribution in [3.8, 4) is 0 Å². The molecule has 2 bridgehead atoms. The van der Waals surface area contributed by atoms with Crippen LogP contribution in [-0.4, -0.2) is 52.6 Å². The summed E-state index contributed by atoms with van der Waals surface area (Å²) in [6.45, 7) is 4.86. The molecule has 2 fully saturated rings. The molecular formula is C13H22N2O3. The molecule has 0 aliphatic carbocycles. The number of hydrogen-bond acceptors (Lipinski definition) is 2. The molecule has 0 radical (unpaired) electrons. The fourth-order valence-electron chi connectivity index (χ4n) is 3.38. The smallest absolute Gasteiger partial charge is 0.320 e. The molecule has 2 amide bonds. The molecule has 2 rings (SSSR count). The molecule has 5 heteroatoms. The van der Waals surface area contributed by atoms with Crippen molar-refractivity contribution in [2.24, 2.45) is 11.8 Å². The molecule has 18 heavy (non-hydrogen) atoms. The molecular weight excluding hydrogens is 232 g/mol. The molecule has 1 N–H and O–H groups in total. The first-order chi connectivity index (χ1) is 8.41. The number of carboxylic acid groups (broad SMARTS) is 1. The molecule has 2 aliphatic rings. The standard InChI is InChI=1S/C13H22N2O3/c1-8(2)7-14(3)13(18)15-9-4-5-11(15)10(6-9)12(16)17/h8-11H,4-7H2,1-3H3,(H,16,17). The first-order valence-electron chi connectivity index (χ1n) is 6.68. The third-order valence-electron chi connectivity index (χ3n) is 4.04. The van der Waals surface area contributed by atoms with Crippen molar-refractivity contribution in [1.82, 2.24) is 9.80 Å². The summed E-state index contributed by atoms with van der Waals surface area (Å²) in [5.74, 6) is -0.693. The minimum atomic E-state index is -0.758. The van der Waals surface area contributed by atoms with Crippen LogP contribution in [0.25, 0.3) is 0 Å². The number of fused-ring (bicyclic) bond motifs is 2. The van der Waals surface area contributed by atoms with Crippen LogP contribution in [0.5, 0.6) is 0 Å². The largest absolute Gasteiger partial charge is 0.481 e. The molecule has 0 aromatic rings. The van der Waals surface area contributed by atoms with Crippen LogP contribution in [0.4, 0.5) is 4.79 Å². The molecule has 5 nitrogen and oxygen atoms in total. The fourth-order valence-corrected chi connectivity index (χ4v) is 3.38. The Morgan fingerprint density at radius 2 is 2.06 bits per heavy atom. The van der Waals surface area contributed by atoms with E-state index in [0.717, 1.165) is 12.8 Å². The van der Waals surface area contributed by atoms with Gasteiger partial charge in [-0.15, -0.1) is 0 Å². The quantitative estimate of drug-likeness (QED) is 0.832. The van der Waals surface area contributed by atoms with E-state index in [2.05, 4.69) is 13.8 Å². The Hall–Kier alpha value is -1.26. The first kappa shape index (κ1) is 13.2. The van der Waals surface area contributed by atoms with Gasteiger partial charge in [-0.3, -0.25) is 4.79 Å². The van der Waals surface area contributed by atoms with Gasteiger partial charge in [0, 0.05) is 25.7 Å². The Morgan fingerprint density at radius 1 is 1.39 bits per heavy atom. The second-order valence-electron chi connectivity index (χ2n) is 5.94. The number of carbonyl (C=O) groups excluding carboxylic acids is 1. The van der Waals surface area contributed by atoms with Crippen molar-refractivity contribution >= 4 is 12.0 Å². The zero-order valence-corrected chi connectivity index (χ0v) is 11.3. The summed E-state index contributed by atoms with van der Waals surface area (Å²) < 4.78 is 0. The molecule has 2 aliphatic heterocycles. The van der Waals surface area contributed by atoms with Crippen molar-refractivity contribution in [2.45, 2.75) is 45.2 Å². The topological polar surface area (TPSA) is 60.9 Å². The van der Waals surface area contributed by atoms with Crippen molar-refractivity contribution in [1.29, 1.82) is 0 Å². The highest BCUT2D eigenvalue weighted by Gasteiger charge is 2.51. The number of aliphatic carboxylic acids is 1. The minimum absolute atomic E-state index is 0.0000463. The Labute approximate surface area is 108 Å². The van der Waals surface area contributed by atoms with Gasteiger partial charge in [0.15, 0.2) is 0 Å². The van der Waals surface area contributed by atoms with E-state index in [-0.39, 0.29) is 24.0 Å². The van der Waals surface area contributed by atoms with E-state index in [1.807, 2.05) is 4.90 Å². The molecule has 0 saturated carbocycles. The molecule has 0 spiro atoms. The van der Waals surface area contributed by atoms with Gasteiger partial charge in [0.2, 0.25) is 0 Å². The molecule has 2 heterocycles. The maximum atomic E-state index is 12.4. The zero-order valence-electron chi connectivity index (χ0n) is 11.3. The van der Waals surface area contributed by atoms with Gasteiger partial charge in [0.25, 0.3) is 0 Å². The SMILES string of the molecule is CC(C)CN(C)C(=O)N1C2CCC1C(C(=O)O)C2.